The van der Waals surface area contributed by atoms with Gasteiger partial charge in [0.1, 0.15) is 0 Å². The summed E-state index contributed by atoms with van der Waals surface area (Å²) in [4.78, 5) is 2.37. The molecule has 72 valence electrons. The molecule has 0 aliphatic rings. The van der Waals surface area contributed by atoms with Crippen molar-refractivity contribution in [1.29, 1.82) is 0 Å². The monoisotopic (exact) mass is 170 g/mol. The average Bonchev–Trinajstić information content (AvgIpc) is 2.07. The second kappa shape index (κ2) is 7.32. The van der Waals surface area contributed by atoms with Gasteiger partial charge in [0.2, 0.25) is 0 Å². The van der Waals surface area contributed by atoms with Crippen molar-refractivity contribution in [3.8, 4) is 0 Å². The fourth-order valence-corrected chi connectivity index (χ4v) is 1.40. The maximum absolute atomic E-state index is 5.35. The lowest BCUT2D eigenvalue weighted by molar-refractivity contribution is 0.253. The average molecular weight is 170 g/mol. The highest BCUT2D eigenvalue weighted by Gasteiger charge is 2.07. The van der Waals surface area contributed by atoms with Crippen molar-refractivity contribution < 1.29 is 0 Å². The molecule has 0 unspecified atom stereocenters. The van der Waals surface area contributed by atoms with Gasteiger partial charge < -0.3 is 5.73 Å². The van der Waals surface area contributed by atoms with Crippen molar-refractivity contribution in [1.82, 2.24) is 4.90 Å². The molecule has 2 N–H and O–H groups in total. The molecule has 0 aromatic carbocycles. The number of likely N-dealkylation sites (N-methyl/N-ethyl adjacent to an activating group) is 1. The molecule has 0 aromatic rings. The summed E-state index contributed by atoms with van der Waals surface area (Å²) in [6, 6.07) is 0.715. The van der Waals surface area contributed by atoms with Crippen molar-refractivity contribution in [3.63, 3.8) is 0 Å². The number of hydrogen-bond donors (Lipinski definition) is 1. The third-order valence-electron chi connectivity index (χ3n) is 2.26. The van der Waals surface area contributed by atoms with Crippen LogP contribution in [0.25, 0.3) is 0 Å². The van der Waals surface area contributed by atoms with Crippen molar-refractivity contribution >= 4 is 0 Å². The van der Waals surface area contributed by atoms with E-state index in [4.69, 9.17) is 5.73 Å². The summed E-state index contributed by atoms with van der Waals surface area (Å²) in [5.41, 5.74) is 5.35. The minimum atomic E-state index is 0.650. The van der Waals surface area contributed by atoms with Gasteiger partial charge in [-0.3, -0.25) is 4.90 Å². The molecular formula is C10H22N2. The first-order valence-corrected chi connectivity index (χ1v) is 4.81. The minimum Gasteiger partial charge on any atom is -0.327 e. The van der Waals surface area contributed by atoms with Crippen LogP contribution in [0.5, 0.6) is 0 Å². The van der Waals surface area contributed by atoms with Crippen LogP contribution in [-0.4, -0.2) is 31.1 Å². The van der Waals surface area contributed by atoms with E-state index in [2.05, 4.69) is 31.9 Å². The second-order valence-corrected chi connectivity index (χ2v) is 3.12. The number of nitrogens with zero attached hydrogens (tertiary/aromatic N) is 1. The van der Waals surface area contributed by atoms with E-state index in [-0.39, 0.29) is 0 Å². The summed E-state index contributed by atoms with van der Waals surface area (Å²) in [6.45, 7) is 6.13. The molecule has 0 rings (SSSR count). The fourth-order valence-electron chi connectivity index (χ4n) is 1.40. The molecule has 0 saturated carbocycles. The van der Waals surface area contributed by atoms with E-state index < -0.39 is 0 Å². The largest absolute Gasteiger partial charge is 0.327 e. The fraction of sp³-hybridized carbons (Fsp3) is 0.800. The van der Waals surface area contributed by atoms with E-state index in [1.54, 1.807) is 0 Å². The zero-order valence-corrected chi connectivity index (χ0v) is 8.59. The predicted molar refractivity (Wildman–Crippen MR) is 55.2 cm³/mol. The number of hydrogen-bond acceptors (Lipinski definition) is 2. The van der Waals surface area contributed by atoms with Crippen molar-refractivity contribution in [3.05, 3.63) is 12.2 Å². The first kappa shape index (κ1) is 11.7. The molecule has 0 aromatic heterocycles. The maximum atomic E-state index is 5.35. The molecule has 2 nitrogen and oxygen atoms in total. The Hall–Kier alpha value is -0.340. The Bertz CT molecular complexity index is 117. The van der Waals surface area contributed by atoms with Gasteiger partial charge in [-0.25, -0.2) is 0 Å². The van der Waals surface area contributed by atoms with Crippen LogP contribution in [0.2, 0.25) is 0 Å². The molecule has 0 bridgehead atoms. The lowest BCUT2D eigenvalue weighted by Crippen LogP contribution is -2.30. The first-order valence-electron chi connectivity index (χ1n) is 4.81. The molecule has 0 amide bonds. The first-order chi connectivity index (χ1) is 5.76. The Labute approximate surface area is 76.4 Å². The molecule has 2 heteroatoms. The normalized spacial score (nSPS) is 12.2. The quantitative estimate of drug-likeness (QED) is 0.614. The summed E-state index contributed by atoms with van der Waals surface area (Å²) in [6.07, 6.45) is 6.60. The van der Waals surface area contributed by atoms with E-state index in [1.807, 2.05) is 6.08 Å². The Morgan fingerprint density at radius 1 is 1.25 bits per heavy atom. The maximum Gasteiger partial charge on any atom is 0.0163 e. The lowest BCUT2D eigenvalue weighted by atomic mass is 10.1. The zero-order chi connectivity index (χ0) is 9.40. The van der Waals surface area contributed by atoms with E-state index in [1.165, 1.54) is 12.8 Å². The third kappa shape index (κ3) is 4.52. The molecule has 0 spiro atoms. The van der Waals surface area contributed by atoms with Crippen LogP contribution in [0.15, 0.2) is 12.2 Å². The van der Waals surface area contributed by atoms with E-state index in [0.29, 0.717) is 12.6 Å². The third-order valence-corrected chi connectivity index (χ3v) is 2.26. The van der Waals surface area contributed by atoms with Crippen molar-refractivity contribution in [2.45, 2.75) is 32.7 Å². The highest BCUT2D eigenvalue weighted by Crippen LogP contribution is 2.04. The van der Waals surface area contributed by atoms with E-state index in [9.17, 15) is 0 Å². The summed E-state index contributed by atoms with van der Waals surface area (Å²) < 4.78 is 0. The van der Waals surface area contributed by atoms with Crippen molar-refractivity contribution in [2.75, 3.05) is 20.1 Å². The highest BCUT2D eigenvalue weighted by atomic mass is 15.1. The minimum absolute atomic E-state index is 0.650. The second-order valence-electron chi connectivity index (χ2n) is 3.12. The van der Waals surface area contributed by atoms with Crippen LogP contribution >= 0.6 is 0 Å². The summed E-state index contributed by atoms with van der Waals surface area (Å²) >= 11 is 0. The Kier molecular flexibility index (Phi) is 7.11. The number of rotatable bonds is 6. The highest BCUT2D eigenvalue weighted by molar-refractivity contribution is 4.86. The van der Waals surface area contributed by atoms with Gasteiger partial charge in [-0.1, -0.05) is 26.0 Å². The predicted octanol–water partition coefficient (Wildman–Crippen LogP) is 1.62. The van der Waals surface area contributed by atoms with Gasteiger partial charge in [0.15, 0.2) is 0 Å². The topological polar surface area (TPSA) is 29.3 Å². The molecule has 0 saturated heterocycles. The zero-order valence-electron chi connectivity index (χ0n) is 8.59. The van der Waals surface area contributed by atoms with Gasteiger partial charge >= 0.3 is 0 Å². The lowest BCUT2D eigenvalue weighted by Gasteiger charge is -2.24. The van der Waals surface area contributed by atoms with E-state index in [0.717, 1.165) is 6.54 Å². The number of nitrogens with two attached hydrogens (primary N) is 1. The van der Waals surface area contributed by atoms with Gasteiger partial charge in [0.05, 0.1) is 0 Å². The molecule has 0 heterocycles. The summed E-state index contributed by atoms with van der Waals surface area (Å²) in [5.74, 6) is 0. The van der Waals surface area contributed by atoms with Crippen LogP contribution in [0, 0.1) is 0 Å². The summed E-state index contributed by atoms with van der Waals surface area (Å²) in [7, 11) is 2.17. The molecule has 12 heavy (non-hydrogen) atoms. The van der Waals surface area contributed by atoms with Crippen molar-refractivity contribution in [2.24, 2.45) is 5.73 Å². The van der Waals surface area contributed by atoms with Gasteiger partial charge in [-0.15, -0.1) is 0 Å². The smallest absolute Gasteiger partial charge is 0.0163 e. The molecule has 0 fully saturated rings. The molecule has 0 atom stereocenters. The van der Waals surface area contributed by atoms with E-state index >= 15 is 0 Å². The van der Waals surface area contributed by atoms with Crippen LogP contribution in [0.1, 0.15) is 26.7 Å². The van der Waals surface area contributed by atoms with Crippen LogP contribution in [0.3, 0.4) is 0 Å². The van der Waals surface area contributed by atoms with Crippen LogP contribution in [-0.2, 0) is 0 Å². The summed E-state index contributed by atoms with van der Waals surface area (Å²) in [5, 5.41) is 0. The molecule has 0 aliphatic heterocycles. The molecular weight excluding hydrogens is 148 g/mol. The Morgan fingerprint density at radius 2 is 1.83 bits per heavy atom. The van der Waals surface area contributed by atoms with Crippen LogP contribution < -0.4 is 5.73 Å². The molecule has 0 radical (unpaired) electrons. The van der Waals surface area contributed by atoms with Gasteiger partial charge in [0.25, 0.3) is 0 Å². The van der Waals surface area contributed by atoms with Gasteiger partial charge in [0, 0.05) is 19.1 Å². The van der Waals surface area contributed by atoms with Gasteiger partial charge in [-0.05, 0) is 19.9 Å². The Morgan fingerprint density at radius 3 is 2.25 bits per heavy atom. The SMILES string of the molecule is CCC(CC)N(C)CC=CCN. The van der Waals surface area contributed by atoms with Crippen LogP contribution in [0.4, 0.5) is 0 Å². The Balaban J connectivity index is 3.68. The van der Waals surface area contributed by atoms with Gasteiger partial charge in [-0.2, -0.15) is 0 Å². The standard InChI is InChI=1S/C10H22N2/c1-4-10(5-2)12(3)9-7-6-8-11/h6-7,10H,4-5,8-9,11H2,1-3H3. The molecule has 0 aliphatic carbocycles.